The fourth-order valence-corrected chi connectivity index (χ4v) is 6.35. The van der Waals surface area contributed by atoms with Gasteiger partial charge in [-0.05, 0) is 66.8 Å². The molecule has 2 aliphatic heterocycles. The highest BCUT2D eigenvalue weighted by molar-refractivity contribution is 7.84. The molecular weight excluding hydrogens is 596 g/mol. The Labute approximate surface area is 265 Å². The van der Waals surface area contributed by atoms with E-state index in [-0.39, 0.29) is 37.1 Å². The minimum atomic E-state index is -0.994. The van der Waals surface area contributed by atoms with Crippen LogP contribution < -0.4 is 21.2 Å². The highest BCUT2D eigenvalue weighted by Crippen LogP contribution is 2.36. The number of carbonyl (C=O) groups is 4. The normalized spacial score (nSPS) is 23.0. The summed E-state index contributed by atoms with van der Waals surface area (Å²) >= 11 is 4.36. The molecule has 2 aliphatic rings. The number of carboxylic acid groups (broad SMARTS) is 2. The molecule has 2 fully saturated rings. The largest absolute Gasteiger partial charge is 0.515 e. The maximum atomic E-state index is 12.5. The van der Waals surface area contributed by atoms with Crippen LogP contribution in [0.3, 0.4) is 0 Å². The predicted octanol–water partition coefficient (Wildman–Crippen LogP) is 2.66. The third-order valence-electron chi connectivity index (χ3n) is 8.52. The zero-order valence-electron chi connectivity index (χ0n) is 25.6. The summed E-state index contributed by atoms with van der Waals surface area (Å²) in [6.07, 6.45) is 8.08. The summed E-state index contributed by atoms with van der Waals surface area (Å²) in [6.45, 7) is 11.3. The van der Waals surface area contributed by atoms with E-state index in [0.29, 0.717) is 50.1 Å². The van der Waals surface area contributed by atoms with Crippen LogP contribution in [0.5, 0.6) is 0 Å². The van der Waals surface area contributed by atoms with Crippen molar-refractivity contribution in [2.75, 3.05) is 0 Å². The van der Waals surface area contributed by atoms with Crippen LogP contribution in [0.15, 0.2) is 40.7 Å². The first-order valence-corrected chi connectivity index (χ1v) is 15.0. The first-order valence-electron chi connectivity index (χ1n) is 14.5. The summed E-state index contributed by atoms with van der Waals surface area (Å²) in [5, 5.41) is 35.6. The number of hydrogen-bond donors (Lipinski definition) is 8. The molecule has 2 aromatic rings. The Balaban J connectivity index is 1.87. The van der Waals surface area contributed by atoms with E-state index < -0.39 is 23.8 Å². The van der Waals surface area contributed by atoms with Gasteiger partial charge < -0.3 is 35.9 Å². The van der Waals surface area contributed by atoms with Crippen molar-refractivity contribution in [2.45, 2.75) is 59.4 Å². The van der Waals surface area contributed by atoms with Crippen molar-refractivity contribution < 1.29 is 34.5 Å². The van der Waals surface area contributed by atoms with Gasteiger partial charge in [0.05, 0.1) is 18.7 Å². The van der Waals surface area contributed by atoms with Gasteiger partial charge in [0.15, 0.2) is 0 Å². The molecular formula is C33H38N4O7S. The lowest BCUT2D eigenvalue weighted by molar-refractivity contribution is -0.137. The van der Waals surface area contributed by atoms with E-state index in [1.807, 2.05) is 19.9 Å². The molecule has 12 heteroatoms. The maximum Gasteiger partial charge on any atom is 0.307 e. The van der Waals surface area contributed by atoms with Gasteiger partial charge in [0, 0.05) is 63.3 Å². The van der Waals surface area contributed by atoms with Crippen molar-refractivity contribution in [1.82, 2.24) is 20.6 Å². The molecule has 0 aromatic carbocycles. The highest BCUT2D eigenvalue weighted by Gasteiger charge is 2.37. The number of aliphatic hydroxyl groups is 1. The number of allylic oxidation sites excluding steroid dienone is 2. The zero-order chi connectivity index (χ0) is 33.2. The number of carboxylic acids is 2. The average Bonchev–Trinajstić information content (AvgIpc) is 3.63. The summed E-state index contributed by atoms with van der Waals surface area (Å²) in [5.74, 6) is -3.30. The lowest BCUT2D eigenvalue weighted by atomic mass is 9.93. The molecule has 0 aliphatic carbocycles. The van der Waals surface area contributed by atoms with Crippen molar-refractivity contribution >= 4 is 54.6 Å². The number of carbonyl (C=O) groups excluding carboxylic acids is 2. The van der Waals surface area contributed by atoms with Gasteiger partial charge in [0.1, 0.15) is 0 Å². The van der Waals surface area contributed by atoms with Gasteiger partial charge in [-0.15, -0.1) is 12.6 Å². The Kier molecular flexibility index (Phi) is 9.97. The molecule has 238 valence electrons. The smallest absolute Gasteiger partial charge is 0.307 e. The molecule has 2 saturated heterocycles. The maximum absolute atomic E-state index is 12.5. The van der Waals surface area contributed by atoms with Crippen LogP contribution in [-0.4, -0.2) is 55.1 Å². The number of H-pyrrole nitrogens is 2. The number of aromatic amines is 2. The van der Waals surface area contributed by atoms with Crippen LogP contribution >= 0.6 is 12.6 Å². The van der Waals surface area contributed by atoms with Gasteiger partial charge >= 0.3 is 11.9 Å². The van der Waals surface area contributed by atoms with E-state index in [4.69, 9.17) is 0 Å². The van der Waals surface area contributed by atoms with Gasteiger partial charge in [0.25, 0.3) is 5.91 Å². The van der Waals surface area contributed by atoms with Gasteiger partial charge in [-0.2, -0.15) is 0 Å². The van der Waals surface area contributed by atoms with Gasteiger partial charge in [-0.1, -0.05) is 25.7 Å². The van der Waals surface area contributed by atoms with E-state index in [1.54, 1.807) is 32.1 Å². The summed E-state index contributed by atoms with van der Waals surface area (Å²) in [7, 11) is 0. The molecule has 0 spiro atoms. The van der Waals surface area contributed by atoms with E-state index >= 15 is 0 Å². The van der Waals surface area contributed by atoms with E-state index in [2.05, 4.69) is 39.8 Å². The highest BCUT2D eigenvalue weighted by atomic mass is 32.1. The molecule has 7 N–H and O–H groups in total. The zero-order valence-corrected chi connectivity index (χ0v) is 26.5. The molecule has 45 heavy (non-hydrogen) atoms. The van der Waals surface area contributed by atoms with E-state index in [1.165, 1.54) is 0 Å². The third-order valence-corrected chi connectivity index (χ3v) is 8.92. The number of aliphatic hydroxyl groups excluding tert-OH is 1. The van der Waals surface area contributed by atoms with Gasteiger partial charge in [-0.25, -0.2) is 0 Å². The van der Waals surface area contributed by atoms with Crippen LogP contribution in [0.2, 0.25) is 0 Å². The summed E-state index contributed by atoms with van der Waals surface area (Å²) in [4.78, 5) is 55.0. The fourth-order valence-electron chi connectivity index (χ4n) is 5.99. The second-order valence-corrected chi connectivity index (χ2v) is 11.8. The van der Waals surface area contributed by atoms with Crippen molar-refractivity contribution in [3.05, 3.63) is 85.0 Å². The molecule has 0 unspecified atom stereocenters. The molecule has 0 radical (unpaired) electrons. The average molecular weight is 635 g/mol. The Bertz CT molecular complexity index is 1810. The molecule has 2 aromatic heterocycles. The van der Waals surface area contributed by atoms with Gasteiger partial charge in [-0.3, -0.25) is 19.2 Å². The lowest BCUT2D eigenvalue weighted by Gasteiger charge is -2.13. The summed E-state index contributed by atoms with van der Waals surface area (Å²) < 4.78 is 0. The lowest BCUT2D eigenvalue weighted by Crippen LogP contribution is -2.28. The first kappa shape index (κ1) is 33.2. The number of nitrogens with one attached hydrogen (secondary N) is 4. The van der Waals surface area contributed by atoms with Crippen LogP contribution in [0.4, 0.5) is 0 Å². The number of amides is 2. The number of hydrogen-bond acceptors (Lipinski definition) is 6. The van der Waals surface area contributed by atoms with Crippen molar-refractivity contribution in [1.29, 1.82) is 0 Å². The Morgan fingerprint density at radius 1 is 1.04 bits per heavy atom. The quantitative estimate of drug-likeness (QED) is 0.112. The summed E-state index contributed by atoms with van der Waals surface area (Å²) in [5.41, 5.74) is 6.14. The SMILES string of the molecule is C=C1/C(=C/C)C(=O)N[C@@H]1Cc1[nH]c(=C\c2[nH]c(/C=C3\NC(=O)[C@H](C)[C@H]3/C(S)=C/O)c(C)c2CCC(=O)O)/c(=C/CC(=O)O)c1C. The second kappa shape index (κ2) is 13.5. The minimum Gasteiger partial charge on any atom is -0.515 e. The molecule has 4 rings (SSSR count). The third kappa shape index (κ3) is 6.85. The number of thiol groups is 1. The van der Waals surface area contributed by atoms with Crippen molar-refractivity contribution in [3.8, 4) is 0 Å². The molecule has 3 atom stereocenters. The van der Waals surface area contributed by atoms with Crippen molar-refractivity contribution in [3.63, 3.8) is 0 Å². The topological polar surface area (TPSA) is 185 Å². The van der Waals surface area contributed by atoms with Crippen LogP contribution in [0.25, 0.3) is 18.2 Å². The van der Waals surface area contributed by atoms with Crippen molar-refractivity contribution in [2.24, 2.45) is 11.8 Å². The Morgan fingerprint density at radius 2 is 1.76 bits per heavy atom. The second-order valence-electron chi connectivity index (χ2n) is 11.3. The van der Waals surface area contributed by atoms with Crippen LogP contribution in [0.1, 0.15) is 60.5 Å². The number of aromatic nitrogens is 2. The predicted molar refractivity (Wildman–Crippen MR) is 174 cm³/mol. The standard InChI is InChI=1S/C33H38N4O7S/c1-6-19-15(2)24(36-33(19)44)11-22-16(3)20(7-9-29(39)40)25(34-22)13-26-21(8-10-30(41)42)17(4)23(35-26)12-27-31(28(45)14-38)18(5)32(43)37-27/h6-7,12-14,18,24,31,34-35,38,45H,2,8-11H2,1,3-5H3,(H,36,44)(H,37,43)(H,39,40)(H,41,42)/b19-6-,20-7+,25-13-,27-12-,28-14-/t18-,24-,31-/m1/s1. The summed E-state index contributed by atoms with van der Waals surface area (Å²) in [6, 6.07) is -0.333. The minimum absolute atomic E-state index is 0.121. The van der Waals surface area contributed by atoms with E-state index in [9.17, 15) is 34.5 Å². The Hall–Kier alpha value is -4.71. The monoisotopic (exact) mass is 634 g/mol. The Morgan fingerprint density at radius 3 is 2.36 bits per heavy atom. The van der Waals surface area contributed by atoms with Gasteiger partial charge in [0.2, 0.25) is 5.91 Å². The van der Waals surface area contributed by atoms with Crippen LogP contribution in [0, 0.1) is 25.7 Å². The first-order chi connectivity index (χ1) is 21.3. The fraction of sp³-hybridized carbons (Fsp3) is 0.333. The molecule has 4 heterocycles. The number of aliphatic carboxylic acids is 2. The molecule has 11 nitrogen and oxygen atoms in total. The molecule has 0 saturated carbocycles. The number of rotatable bonds is 10. The van der Waals surface area contributed by atoms with E-state index in [0.717, 1.165) is 28.6 Å². The van der Waals surface area contributed by atoms with Crippen LogP contribution in [-0.2, 0) is 32.0 Å². The molecule has 2 amide bonds. The molecule has 0 bridgehead atoms.